The van der Waals surface area contributed by atoms with E-state index >= 15 is 0 Å². The molecule has 0 spiro atoms. The first kappa shape index (κ1) is 18.4. The molecule has 0 aromatic heterocycles. The summed E-state index contributed by atoms with van der Waals surface area (Å²) in [5, 5.41) is 3.84. The van der Waals surface area contributed by atoms with Gasteiger partial charge >= 0.3 is 5.97 Å². The van der Waals surface area contributed by atoms with Crippen LogP contribution in [0.5, 0.6) is 5.75 Å². The van der Waals surface area contributed by atoms with Gasteiger partial charge in [-0.3, -0.25) is 0 Å². The summed E-state index contributed by atoms with van der Waals surface area (Å²) in [4.78, 5) is 11.9. The second-order valence-electron chi connectivity index (χ2n) is 5.28. The molecule has 0 fully saturated rings. The average molecular weight is 368 g/mol. The highest BCUT2D eigenvalue weighted by atomic mass is 35.5. The van der Waals surface area contributed by atoms with Crippen molar-refractivity contribution >= 4 is 34.9 Å². The molecule has 0 atom stereocenters. The molecule has 2 rings (SSSR count). The predicted octanol–water partition coefficient (Wildman–Crippen LogP) is 4.89. The van der Waals surface area contributed by atoms with Crippen LogP contribution >= 0.6 is 23.2 Å². The van der Waals surface area contributed by atoms with Crippen molar-refractivity contribution in [2.45, 2.75) is 13.8 Å². The molecule has 0 aliphatic heterocycles. The fourth-order valence-corrected chi connectivity index (χ4v) is 2.80. The zero-order valence-corrected chi connectivity index (χ0v) is 15.3. The summed E-state index contributed by atoms with van der Waals surface area (Å²) in [5.74, 6) is 0.338. The SMILES string of the molecule is COC(=O)c1cc(Cl)cc(Cl)c1NCCOc1cccc(C)c1C. The minimum atomic E-state index is -0.502. The maximum absolute atomic E-state index is 11.9. The lowest BCUT2D eigenvalue weighted by atomic mass is 10.1. The molecule has 0 heterocycles. The molecule has 2 aromatic carbocycles. The van der Waals surface area contributed by atoms with Crippen molar-refractivity contribution in [2.24, 2.45) is 0 Å². The monoisotopic (exact) mass is 367 g/mol. The van der Waals surface area contributed by atoms with Crippen molar-refractivity contribution < 1.29 is 14.3 Å². The zero-order chi connectivity index (χ0) is 17.7. The Morgan fingerprint density at radius 2 is 1.96 bits per heavy atom. The first-order valence-corrected chi connectivity index (χ1v) is 8.20. The van der Waals surface area contributed by atoms with Gasteiger partial charge in [-0.25, -0.2) is 4.79 Å². The number of carbonyl (C=O) groups excluding carboxylic acids is 1. The number of halogens is 2. The van der Waals surface area contributed by atoms with Crippen LogP contribution in [0.1, 0.15) is 21.5 Å². The first-order chi connectivity index (χ1) is 11.4. The van der Waals surface area contributed by atoms with Crippen LogP contribution in [0.15, 0.2) is 30.3 Å². The van der Waals surface area contributed by atoms with Crippen LogP contribution in [-0.2, 0) is 4.74 Å². The first-order valence-electron chi connectivity index (χ1n) is 7.44. The maximum atomic E-state index is 11.9. The van der Waals surface area contributed by atoms with E-state index in [0.29, 0.717) is 34.4 Å². The lowest BCUT2D eigenvalue weighted by Gasteiger charge is -2.15. The Balaban J connectivity index is 2.04. The smallest absolute Gasteiger partial charge is 0.340 e. The summed E-state index contributed by atoms with van der Waals surface area (Å²) < 4.78 is 10.5. The predicted molar refractivity (Wildman–Crippen MR) is 97.7 cm³/mol. The highest BCUT2D eigenvalue weighted by Gasteiger charge is 2.16. The number of esters is 1. The molecule has 1 N–H and O–H groups in total. The van der Waals surface area contributed by atoms with Crippen molar-refractivity contribution in [3.63, 3.8) is 0 Å². The van der Waals surface area contributed by atoms with Crippen molar-refractivity contribution in [2.75, 3.05) is 25.6 Å². The molecule has 0 aliphatic carbocycles. The van der Waals surface area contributed by atoms with Gasteiger partial charge in [0.1, 0.15) is 12.4 Å². The molecular weight excluding hydrogens is 349 g/mol. The van der Waals surface area contributed by atoms with E-state index in [-0.39, 0.29) is 0 Å². The van der Waals surface area contributed by atoms with Gasteiger partial charge < -0.3 is 14.8 Å². The Bertz CT molecular complexity index is 747. The number of carbonyl (C=O) groups is 1. The third-order valence-electron chi connectivity index (χ3n) is 3.68. The van der Waals surface area contributed by atoms with Crippen molar-refractivity contribution in [3.05, 3.63) is 57.1 Å². The van der Waals surface area contributed by atoms with Gasteiger partial charge in [-0.1, -0.05) is 35.3 Å². The van der Waals surface area contributed by atoms with E-state index in [1.54, 1.807) is 6.07 Å². The van der Waals surface area contributed by atoms with Crippen molar-refractivity contribution in [3.8, 4) is 5.75 Å². The van der Waals surface area contributed by atoms with Crippen LogP contribution < -0.4 is 10.1 Å². The topological polar surface area (TPSA) is 47.6 Å². The van der Waals surface area contributed by atoms with E-state index < -0.39 is 5.97 Å². The fraction of sp³-hybridized carbons (Fsp3) is 0.278. The quantitative estimate of drug-likeness (QED) is 0.583. The Morgan fingerprint density at radius 3 is 2.67 bits per heavy atom. The number of anilines is 1. The van der Waals surface area contributed by atoms with Crippen LogP contribution in [-0.4, -0.2) is 26.2 Å². The van der Waals surface area contributed by atoms with E-state index in [9.17, 15) is 4.79 Å². The van der Waals surface area contributed by atoms with E-state index in [4.69, 9.17) is 32.7 Å². The van der Waals surface area contributed by atoms with Crippen LogP contribution in [0.25, 0.3) is 0 Å². The molecule has 0 aliphatic rings. The van der Waals surface area contributed by atoms with Crippen molar-refractivity contribution in [1.82, 2.24) is 0 Å². The van der Waals surface area contributed by atoms with Crippen LogP contribution in [0.2, 0.25) is 10.0 Å². The highest BCUT2D eigenvalue weighted by molar-refractivity contribution is 6.37. The molecule has 0 radical (unpaired) electrons. The Morgan fingerprint density at radius 1 is 1.21 bits per heavy atom. The molecule has 4 nitrogen and oxygen atoms in total. The number of ether oxygens (including phenoxy) is 2. The van der Waals surface area contributed by atoms with Gasteiger partial charge in [0.25, 0.3) is 0 Å². The number of methoxy groups -OCH3 is 1. The number of hydrogen-bond donors (Lipinski definition) is 1. The number of rotatable bonds is 6. The Labute approximate surface area is 151 Å². The van der Waals surface area contributed by atoms with Gasteiger partial charge in [-0.05, 0) is 43.2 Å². The summed E-state index contributed by atoms with van der Waals surface area (Å²) in [6, 6.07) is 9.02. The van der Waals surface area contributed by atoms with Gasteiger partial charge in [0.15, 0.2) is 0 Å². The van der Waals surface area contributed by atoms with E-state index in [0.717, 1.165) is 11.3 Å². The number of hydrogen-bond acceptors (Lipinski definition) is 4. The van der Waals surface area contributed by atoms with Crippen LogP contribution in [0.3, 0.4) is 0 Å². The molecule has 0 saturated carbocycles. The fourth-order valence-electron chi connectivity index (χ4n) is 2.24. The minimum absolute atomic E-state index is 0.293. The Hall–Kier alpha value is -1.91. The van der Waals surface area contributed by atoms with Crippen LogP contribution in [0.4, 0.5) is 5.69 Å². The molecule has 0 saturated heterocycles. The molecule has 128 valence electrons. The molecule has 6 heteroatoms. The average Bonchev–Trinajstić information content (AvgIpc) is 2.55. The normalized spacial score (nSPS) is 10.4. The third kappa shape index (κ3) is 4.34. The number of aryl methyl sites for hydroxylation is 1. The molecule has 2 aromatic rings. The summed E-state index contributed by atoms with van der Waals surface area (Å²) in [7, 11) is 1.31. The molecule has 0 unspecified atom stereocenters. The Kier molecular flexibility index (Phi) is 6.35. The van der Waals surface area contributed by atoms with E-state index in [1.807, 2.05) is 32.0 Å². The minimum Gasteiger partial charge on any atom is -0.491 e. The van der Waals surface area contributed by atoms with E-state index in [2.05, 4.69) is 5.32 Å². The standard InChI is InChI=1S/C18H19Cl2NO3/c1-11-5-4-6-16(12(11)2)24-8-7-21-17-14(18(22)23-3)9-13(19)10-15(17)20/h4-6,9-10,21H,7-8H2,1-3H3. The summed E-state index contributed by atoms with van der Waals surface area (Å²) in [6.45, 7) is 4.95. The largest absolute Gasteiger partial charge is 0.491 e. The van der Waals surface area contributed by atoms with Crippen LogP contribution in [0, 0.1) is 13.8 Å². The van der Waals surface area contributed by atoms with Gasteiger partial charge in [-0.15, -0.1) is 0 Å². The lowest BCUT2D eigenvalue weighted by molar-refractivity contribution is 0.0602. The van der Waals surface area contributed by atoms with Gasteiger partial charge in [0, 0.05) is 11.6 Å². The number of nitrogens with one attached hydrogen (secondary N) is 1. The molecule has 0 bridgehead atoms. The van der Waals surface area contributed by atoms with Gasteiger partial charge in [-0.2, -0.15) is 0 Å². The summed E-state index contributed by atoms with van der Waals surface area (Å²) >= 11 is 12.1. The maximum Gasteiger partial charge on any atom is 0.340 e. The summed E-state index contributed by atoms with van der Waals surface area (Å²) in [6.07, 6.45) is 0. The number of benzene rings is 2. The zero-order valence-electron chi connectivity index (χ0n) is 13.8. The second kappa shape index (κ2) is 8.27. The second-order valence-corrected chi connectivity index (χ2v) is 6.12. The summed E-state index contributed by atoms with van der Waals surface area (Å²) in [5.41, 5.74) is 3.06. The van der Waals surface area contributed by atoms with E-state index in [1.165, 1.54) is 18.7 Å². The van der Waals surface area contributed by atoms with Gasteiger partial charge in [0.2, 0.25) is 0 Å². The van der Waals surface area contributed by atoms with Gasteiger partial charge in [0.05, 0.1) is 23.4 Å². The lowest BCUT2D eigenvalue weighted by Crippen LogP contribution is -2.15. The molecule has 0 amide bonds. The van der Waals surface area contributed by atoms with Crippen molar-refractivity contribution in [1.29, 1.82) is 0 Å². The molecule has 24 heavy (non-hydrogen) atoms. The highest BCUT2D eigenvalue weighted by Crippen LogP contribution is 2.30. The molecular formula is C18H19Cl2NO3. The third-order valence-corrected chi connectivity index (χ3v) is 4.19.